The molecule has 2 nitrogen and oxygen atoms in total. The topological polar surface area (TPSA) is 6.48 Å². The van der Waals surface area contributed by atoms with Gasteiger partial charge in [-0.1, -0.05) is 206 Å². The molecule has 1 aliphatic rings. The van der Waals surface area contributed by atoms with Crippen LogP contribution in [-0.2, 0) is 0 Å². The van der Waals surface area contributed by atoms with Crippen LogP contribution in [0.2, 0.25) is 0 Å². The van der Waals surface area contributed by atoms with Crippen molar-refractivity contribution in [3.63, 3.8) is 0 Å². The summed E-state index contributed by atoms with van der Waals surface area (Å²) < 4.78 is 0. The summed E-state index contributed by atoms with van der Waals surface area (Å²) in [6, 6.07) is 97.8. The summed E-state index contributed by atoms with van der Waals surface area (Å²) in [4.78, 5) is 4.83. The molecule has 0 unspecified atom stereocenters. The van der Waals surface area contributed by atoms with Crippen LogP contribution in [0.25, 0.3) is 33.4 Å². The second-order valence-electron chi connectivity index (χ2n) is 16.1. The Morgan fingerprint density at radius 2 is 0.619 bits per heavy atom. The van der Waals surface area contributed by atoms with E-state index in [9.17, 15) is 0 Å². The van der Waals surface area contributed by atoms with E-state index in [0.717, 1.165) is 22.7 Å². The van der Waals surface area contributed by atoms with Crippen molar-refractivity contribution in [2.45, 2.75) is 0 Å². The third-order valence-corrected chi connectivity index (χ3v) is 17.4. The van der Waals surface area contributed by atoms with Crippen molar-refractivity contribution in [2.75, 3.05) is 9.80 Å². The van der Waals surface area contributed by atoms with E-state index in [1.807, 2.05) is 0 Å². The molecule has 0 radical (unpaired) electrons. The highest BCUT2D eigenvalue weighted by atomic mass is 28.3. The second kappa shape index (κ2) is 16.5. The molecule has 10 aromatic rings. The molecule has 0 fully saturated rings. The molecule has 0 saturated carbocycles. The van der Waals surface area contributed by atoms with Crippen LogP contribution in [0.4, 0.5) is 34.1 Å². The average molecular weight is 821 g/mol. The third kappa shape index (κ3) is 6.86. The molecule has 0 atom stereocenters. The molecule has 11 rings (SSSR count). The van der Waals surface area contributed by atoms with Gasteiger partial charge in [0.15, 0.2) is 8.07 Å². The summed E-state index contributed by atoms with van der Waals surface area (Å²) in [5.41, 5.74) is 14.1. The molecular formula is C60H44N2Si. The second-order valence-corrected chi connectivity index (χ2v) is 19.8. The fraction of sp³-hybridized carbons (Fsp3) is 0. The number of rotatable bonds is 9. The minimum Gasteiger partial charge on any atom is -0.311 e. The smallest absolute Gasteiger partial charge is 0.184 e. The molecule has 0 saturated heterocycles. The fourth-order valence-electron chi connectivity index (χ4n) is 9.61. The Balaban J connectivity index is 1.05. The molecule has 0 N–H and O–H groups in total. The molecule has 3 heteroatoms. The standard InChI is InChI=1S/C60H44N2Si/c1-6-18-45(19-7-1)47-30-37-52(38-31-47)61(53-39-32-48(33-40-53)46-20-8-2-9-21-46)54-41-34-49(35-42-54)50-36-43-58-60(44-50)63(55-24-12-4-13-25-55,56-26-14-5-15-27-56)59-29-17-16-28-57(59)62(58)51-22-10-3-11-23-51/h1-44H. The summed E-state index contributed by atoms with van der Waals surface area (Å²) >= 11 is 0. The third-order valence-electron chi connectivity index (χ3n) is 12.5. The first-order chi connectivity index (χ1) is 31.3. The molecule has 0 amide bonds. The van der Waals surface area contributed by atoms with Crippen LogP contribution in [0.1, 0.15) is 0 Å². The minimum atomic E-state index is -2.84. The molecule has 298 valence electrons. The number of anilines is 6. The van der Waals surface area contributed by atoms with Crippen molar-refractivity contribution >= 4 is 62.9 Å². The van der Waals surface area contributed by atoms with Crippen molar-refractivity contribution < 1.29 is 0 Å². The zero-order chi connectivity index (χ0) is 42.0. The van der Waals surface area contributed by atoms with Gasteiger partial charge in [-0.15, -0.1) is 0 Å². The highest BCUT2D eigenvalue weighted by Gasteiger charge is 2.48. The summed E-state index contributed by atoms with van der Waals surface area (Å²) in [6.07, 6.45) is 0. The first-order valence-electron chi connectivity index (χ1n) is 21.7. The lowest BCUT2D eigenvalue weighted by molar-refractivity contribution is 1.28. The molecule has 0 aromatic heterocycles. The predicted molar refractivity (Wildman–Crippen MR) is 269 cm³/mol. The van der Waals surface area contributed by atoms with Crippen LogP contribution < -0.4 is 30.5 Å². The van der Waals surface area contributed by atoms with Crippen LogP contribution in [0.15, 0.2) is 267 Å². The average Bonchev–Trinajstić information content (AvgIpc) is 3.37. The van der Waals surface area contributed by atoms with Crippen LogP contribution in [-0.4, -0.2) is 8.07 Å². The first-order valence-corrected chi connectivity index (χ1v) is 23.7. The highest BCUT2D eigenvalue weighted by Crippen LogP contribution is 2.41. The first kappa shape index (κ1) is 38.0. The molecule has 0 spiro atoms. The van der Waals surface area contributed by atoms with E-state index in [1.54, 1.807) is 0 Å². The van der Waals surface area contributed by atoms with Crippen molar-refractivity contribution in [1.29, 1.82) is 0 Å². The van der Waals surface area contributed by atoms with E-state index in [0.29, 0.717) is 0 Å². The van der Waals surface area contributed by atoms with Gasteiger partial charge in [-0.2, -0.15) is 0 Å². The van der Waals surface area contributed by atoms with Gasteiger partial charge in [0, 0.05) is 34.1 Å². The zero-order valence-corrected chi connectivity index (χ0v) is 35.8. The van der Waals surface area contributed by atoms with E-state index in [1.165, 1.54) is 65.5 Å². The Kier molecular flexibility index (Phi) is 9.93. The lowest BCUT2D eigenvalue weighted by Crippen LogP contribution is -2.77. The van der Waals surface area contributed by atoms with Gasteiger partial charge in [0.05, 0.1) is 0 Å². The number of benzene rings is 10. The van der Waals surface area contributed by atoms with Crippen LogP contribution >= 0.6 is 0 Å². The fourth-order valence-corrected chi connectivity index (χ4v) is 14.7. The zero-order valence-electron chi connectivity index (χ0n) is 34.8. The molecule has 0 bridgehead atoms. The summed E-state index contributed by atoms with van der Waals surface area (Å²) in [7, 11) is -2.84. The maximum atomic E-state index is 2.50. The van der Waals surface area contributed by atoms with Gasteiger partial charge in [-0.05, 0) is 115 Å². The number of nitrogens with zero attached hydrogens (tertiary/aromatic N) is 2. The van der Waals surface area contributed by atoms with Gasteiger partial charge in [-0.3, -0.25) is 0 Å². The molecular weight excluding hydrogens is 777 g/mol. The maximum absolute atomic E-state index is 2.84. The van der Waals surface area contributed by atoms with Crippen LogP contribution in [0.5, 0.6) is 0 Å². The van der Waals surface area contributed by atoms with Gasteiger partial charge in [0.2, 0.25) is 0 Å². The number of fused-ring (bicyclic) bond motifs is 2. The normalized spacial score (nSPS) is 12.5. The van der Waals surface area contributed by atoms with Gasteiger partial charge < -0.3 is 9.80 Å². The van der Waals surface area contributed by atoms with E-state index in [-0.39, 0.29) is 0 Å². The lowest BCUT2D eigenvalue weighted by Gasteiger charge is -2.45. The van der Waals surface area contributed by atoms with E-state index in [2.05, 4.69) is 277 Å². The highest BCUT2D eigenvalue weighted by molar-refractivity contribution is 7.21. The van der Waals surface area contributed by atoms with Gasteiger partial charge >= 0.3 is 0 Å². The largest absolute Gasteiger partial charge is 0.311 e. The van der Waals surface area contributed by atoms with Crippen LogP contribution in [0, 0.1) is 0 Å². The van der Waals surface area contributed by atoms with Crippen molar-refractivity contribution in [3.05, 3.63) is 267 Å². The monoisotopic (exact) mass is 820 g/mol. The summed E-state index contributed by atoms with van der Waals surface area (Å²) in [6.45, 7) is 0. The Labute approximate surface area is 371 Å². The minimum absolute atomic E-state index is 1.10. The van der Waals surface area contributed by atoms with E-state index >= 15 is 0 Å². The van der Waals surface area contributed by atoms with Crippen LogP contribution in [0.3, 0.4) is 0 Å². The lowest BCUT2D eigenvalue weighted by atomic mass is 10.0. The molecule has 1 heterocycles. The Hall–Kier alpha value is -7.98. The SMILES string of the molecule is c1ccc(-c2ccc(N(c3ccc(-c4ccccc4)cc3)c3ccc(-c4ccc5c(c4)[Si](c4ccccc4)(c4ccccc4)c4ccccc4N5c4ccccc4)cc3)cc2)cc1. The molecule has 1 aliphatic heterocycles. The number of hydrogen-bond donors (Lipinski definition) is 0. The summed E-state index contributed by atoms with van der Waals surface area (Å²) in [5.74, 6) is 0. The van der Waals surface area contributed by atoms with Crippen molar-refractivity contribution in [1.82, 2.24) is 0 Å². The number of para-hydroxylation sites is 2. The summed E-state index contributed by atoms with van der Waals surface area (Å²) in [5, 5.41) is 5.51. The van der Waals surface area contributed by atoms with E-state index in [4.69, 9.17) is 0 Å². The van der Waals surface area contributed by atoms with Gasteiger partial charge in [0.1, 0.15) is 0 Å². The molecule has 63 heavy (non-hydrogen) atoms. The number of hydrogen-bond acceptors (Lipinski definition) is 2. The predicted octanol–water partition coefficient (Wildman–Crippen LogP) is 13.3. The Morgan fingerprint density at radius 3 is 1.10 bits per heavy atom. The maximum Gasteiger partial charge on any atom is 0.184 e. The van der Waals surface area contributed by atoms with E-state index < -0.39 is 8.07 Å². The van der Waals surface area contributed by atoms with Gasteiger partial charge in [0.25, 0.3) is 0 Å². The Bertz CT molecular complexity index is 3000. The molecule has 0 aliphatic carbocycles. The molecule has 10 aromatic carbocycles. The van der Waals surface area contributed by atoms with Gasteiger partial charge in [-0.25, -0.2) is 0 Å². The van der Waals surface area contributed by atoms with Crippen molar-refractivity contribution in [2.24, 2.45) is 0 Å². The Morgan fingerprint density at radius 1 is 0.270 bits per heavy atom. The quantitative estimate of drug-likeness (QED) is 0.134. The van der Waals surface area contributed by atoms with Crippen molar-refractivity contribution in [3.8, 4) is 33.4 Å².